The van der Waals surface area contributed by atoms with Crippen LogP contribution in [0.3, 0.4) is 0 Å². The molecule has 2 aromatic rings. The fraction of sp³-hybridized carbons (Fsp3) is 0.214. The van der Waals surface area contributed by atoms with Crippen LogP contribution in [0.4, 0.5) is 5.69 Å². The predicted molar refractivity (Wildman–Crippen MR) is 88.5 cm³/mol. The molecule has 0 aliphatic heterocycles. The Hall–Kier alpha value is -0.650. The van der Waals surface area contributed by atoms with Gasteiger partial charge in [-0.15, -0.1) is 11.3 Å². The van der Waals surface area contributed by atoms with Crippen molar-refractivity contribution in [2.24, 2.45) is 0 Å². The predicted octanol–water partition coefficient (Wildman–Crippen LogP) is 5.09. The molecule has 0 atom stereocenters. The lowest BCUT2D eigenvalue weighted by molar-refractivity contribution is 0.103. The minimum atomic E-state index is -0.0617. The Morgan fingerprint density at radius 1 is 1.26 bits per heavy atom. The molecular formula is C14H13Br2NOS. The van der Waals surface area contributed by atoms with Crippen molar-refractivity contribution >= 4 is 54.8 Å². The number of carbonyl (C=O) groups excluding carboxylic acids is 1. The Balaban J connectivity index is 2.04. The van der Waals surface area contributed by atoms with Crippen LogP contribution in [0.2, 0.25) is 0 Å². The summed E-state index contributed by atoms with van der Waals surface area (Å²) in [6.45, 7) is 0. The van der Waals surface area contributed by atoms with Gasteiger partial charge in [0.25, 0.3) is 5.91 Å². The topological polar surface area (TPSA) is 29.1 Å². The van der Waals surface area contributed by atoms with Gasteiger partial charge in [0, 0.05) is 11.0 Å². The molecule has 0 spiro atoms. The van der Waals surface area contributed by atoms with Crippen LogP contribution in [0.15, 0.2) is 40.2 Å². The van der Waals surface area contributed by atoms with E-state index in [1.807, 2.05) is 30.3 Å². The minimum Gasteiger partial charge on any atom is -0.321 e. The Kier molecular flexibility index (Phi) is 5.60. The van der Waals surface area contributed by atoms with Crippen molar-refractivity contribution in [3.8, 4) is 0 Å². The number of alkyl halides is 1. The summed E-state index contributed by atoms with van der Waals surface area (Å²) >= 11 is 8.22. The highest BCUT2D eigenvalue weighted by Gasteiger charge is 2.08. The number of hydrogen-bond acceptors (Lipinski definition) is 2. The second-order valence-corrected chi connectivity index (χ2v) is 7.31. The standard InChI is InChI=1S/C14H13Br2NOS/c15-8-2-4-10-3-1-5-11(9-10)17-14(18)12-6-7-13(16)19-12/h1,3,5-7,9H,2,4,8H2,(H,17,18). The van der Waals surface area contributed by atoms with Crippen LogP contribution < -0.4 is 5.32 Å². The van der Waals surface area contributed by atoms with E-state index in [1.165, 1.54) is 16.9 Å². The Labute approximate surface area is 133 Å². The molecule has 0 aliphatic carbocycles. The molecule has 2 rings (SSSR count). The molecular weight excluding hydrogens is 390 g/mol. The molecule has 5 heteroatoms. The fourth-order valence-corrected chi connectivity index (χ4v) is 3.27. The molecule has 0 unspecified atom stereocenters. The molecule has 0 radical (unpaired) electrons. The van der Waals surface area contributed by atoms with Gasteiger partial charge < -0.3 is 5.32 Å². The monoisotopic (exact) mass is 401 g/mol. The van der Waals surface area contributed by atoms with Crippen molar-refractivity contribution in [2.75, 3.05) is 10.6 Å². The van der Waals surface area contributed by atoms with Gasteiger partial charge >= 0.3 is 0 Å². The molecule has 0 saturated carbocycles. The van der Waals surface area contributed by atoms with Crippen molar-refractivity contribution in [1.29, 1.82) is 0 Å². The van der Waals surface area contributed by atoms with E-state index < -0.39 is 0 Å². The zero-order valence-electron chi connectivity index (χ0n) is 10.2. The van der Waals surface area contributed by atoms with E-state index in [0.717, 1.165) is 27.6 Å². The summed E-state index contributed by atoms with van der Waals surface area (Å²) in [4.78, 5) is 12.7. The molecule has 1 N–H and O–H groups in total. The molecule has 1 aromatic heterocycles. The van der Waals surface area contributed by atoms with Gasteiger partial charge in [0.1, 0.15) is 0 Å². The quantitative estimate of drug-likeness (QED) is 0.693. The lowest BCUT2D eigenvalue weighted by Crippen LogP contribution is -2.10. The van der Waals surface area contributed by atoms with Crippen molar-refractivity contribution in [3.63, 3.8) is 0 Å². The van der Waals surface area contributed by atoms with Crippen LogP contribution in [0.5, 0.6) is 0 Å². The molecule has 0 aliphatic rings. The van der Waals surface area contributed by atoms with Crippen molar-refractivity contribution in [1.82, 2.24) is 0 Å². The van der Waals surface area contributed by atoms with E-state index in [4.69, 9.17) is 0 Å². The summed E-state index contributed by atoms with van der Waals surface area (Å²) in [7, 11) is 0. The van der Waals surface area contributed by atoms with E-state index in [2.05, 4.69) is 43.2 Å². The Morgan fingerprint density at radius 2 is 2.11 bits per heavy atom. The maximum absolute atomic E-state index is 12.0. The van der Waals surface area contributed by atoms with Crippen LogP contribution in [0.1, 0.15) is 21.7 Å². The second kappa shape index (κ2) is 7.22. The molecule has 2 nitrogen and oxygen atoms in total. The molecule has 19 heavy (non-hydrogen) atoms. The number of rotatable bonds is 5. The third-order valence-corrected chi connectivity index (χ3v) is 4.76. The molecule has 1 amide bonds. The SMILES string of the molecule is O=C(Nc1cccc(CCCBr)c1)c1ccc(Br)s1. The number of hydrogen-bond donors (Lipinski definition) is 1. The van der Waals surface area contributed by atoms with Gasteiger partial charge in [-0.05, 0) is 58.6 Å². The normalized spacial score (nSPS) is 10.4. The molecule has 1 aromatic carbocycles. The van der Waals surface area contributed by atoms with E-state index in [9.17, 15) is 4.79 Å². The highest BCUT2D eigenvalue weighted by Crippen LogP contribution is 2.23. The van der Waals surface area contributed by atoms with E-state index in [-0.39, 0.29) is 5.91 Å². The van der Waals surface area contributed by atoms with Crippen molar-refractivity contribution in [3.05, 3.63) is 50.6 Å². The molecule has 0 fully saturated rings. The number of amides is 1. The summed E-state index contributed by atoms with van der Waals surface area (Å²) in [6.07, 6.45) is 2.11. The average Bonchev–Trinajstić information content (AvgIpc) is 2.83. The van der Waals surface area contributed by atoms with Gasteiger partial charge in [-0.2, -0.15) is 0 Å². The van der Waals surface area contributed by atoms with Crippen LogP contribution in [-0.4, -0.2) is 11.2 Å². The summed E-state index contributed by atoms with van der Waals surface area (Å²) in [5.74, 6) is -0.0617. The van der Waals surface area contributed by atoms with Gasteiger partial charge in [0.15, 0.2) is 0 Å². The van der Waals surface area contributed by atoms with Crippen molar-refractivity contribution in [2.45, 2.75) is 12.8 Å². The summed E-state index contributed by atoms with van der Waals surface area (Å²) in [5, 5.41) is 3.92. The van der Waals surface area contributed by atoms with Gasteiger partial charge in [-0.3, -0.25) is 4.79 Å². The van der Waals surface area contributed by atoms with E-state index >= 15 is 0 Å². The number of thiophene rings is 1. The zero-order valence-corrected chi connectivity index (χ0v) is 14.1. The lowest BCUT2D eigenvalue weighted by atomic mass is 10.1. The third kappa shape index (κ3) is 4.44. The number of carbonyl (C=O) groups is 1. The number of benzene rings is 1. The highest BCUT2D eigenvalue weighted by atomic mass is 79.9. The van der Waals surface area contributed by atoms with Gasteiger partial charge in [-0.25, -0.2) is 0 Å². The number of nitrogens with one attached hydrogen (secondary N) is 1. The number of anilines is 1. The summed E-state index contributed by atoms with van der Waals surface area (Å²) < 4.78 is 0.962. The molecule has 1 heterocycles. The van der Waals surface area contributed by atoms with Crippen LogP contribution in [-0.2, 0) is 6.42 Å². The second-order valence-electron chi connectivity index (χ2n) is 4.05. The van der Waals surface area contributed by atoms with Crippen LogP contribution >= 0.6 is 43.2 Å². The first-order valence-corrected chi connectivity index (χ1v) is 8.64. The van der Waals surface area contributed by atoms with Gasteiger partial charge in [0.05, 0.1) is 8.66 Å². The number of halogens is 2. The highest BCUT2D eigenvalue weighted by molar-refractivity contribution is 9.11. The molecule has 0 bridgehead atoms. The minimum absolute atomic E-state index is 0.0617. The number of aryl methyl sites for hydroxylation is 1. The average molecular weight is 403 g/mol. The first-order valence-electron chi connectivity index (χ1n) is 5.90. The van der Waals surface area contributed by atoms with E-state index in [1.54, 1.807) is 0 Å². The maximum Gasteiger partial charge on any atom is 0.265 e. The van der Waals surface area contributed by atoms with E-state index in [0.29, 0.717) is 4.88 Å². The van der Waals surface area contributed by atoms with Gasteiger partial charge in [0.2, 0.25) is 0 Å². The maximum atomic E-state index is 12.0. The van der Waals surface area contributed by atoms with Gasteiger partial charge in [-0.1, -0.05) is 28.1 Å². The molecule has 0 saturated heterocycles. The summed E-state index contributed by atoms with van der Waals surface area (Å²) in [6, 6.07) is 11.7. The zero-order chi connectivity index (χ0) is 13.7. The summed E-state index contributed by atoms with van der Waals surface area (Å²) in [5.41, 5.74) is 2.09. The van der Waals surface area contributed by atoms with Crippen LogP contribution in [0, 0.1) is 0 Å². The molecule has 100 valence electrons. The Bertz CT molecular complexity index is 568. The largest absolute Gasteiger partial charge is 0.321 e. The van der Waals surface area contributed by atoms with Crippen LogP contribution in [0.25, 0.3) is 0 Å². The first kappa shape index (κ1) is 14.8. The lowest BCUT2D eigenvalue weighted by Gasteiger charge is -2.06. The third-order valence-electron chi connectivity index (χ3n) is 2.58. The fourth-order valence-electron chi connectivity index (χ4n) is 1.70. The smallest absolute Gasteiger partial charge is 0.265 e. The first-order chi connectivity index (χ1) is 9.19. The van der Waals surface area contributed by atoms with Crippen molar-refractivity contribution < 1.29 is 4.79 Å². The Morgan fingerprint density at radius 3 is 2.79 bits per heavy atom.